The van der Waals surface area contributed by atoms with Crippen LogP contribution in [-0.4, -0.2) is 40.1 Å². The Kier molecular flexibility index (Phi) is 8.27. The molecule has 6 heteroatoms. The molecule has 1 aliphatic rings. The highest BCUT2D eigenvalue weighted by atomic mass is 28.4. The van der Waals surface area contributed by atoms with Gasteiger partial charge < -0.3 is 13.9 Å². The molecular formula is C22H38O5Si. The minimum atomic E-state index is -2.10. The molecule has 0 spiro atoms. The zero-order valence-corrected chi connectivity index (χ0v) is 19.7. The van der Waals surface area contributed by atoms with Crippen LogP contribution in [0.25, 0.3) is 0 Å². The van der Waals surface area contributed by atoms with Gasteiger partial charge in [0.1, 0.15) is 0 Å². The highest BCUT2D eigenvalue weighted by molar-refractivity contribution is 6.69. The minimum absolute atomic E-state index is 0.148. The van der Waals surface area contributed by atoms with Crippen molar-refractivity contribution in [3.05, 3.63) is 24.8 Å². The Hall–Kier alpha value is -1.40. The van der Waals surface area contributed by atoms with E-state index in [0.717, 1.165) is 5.57 Å². The average molecular weight is 411 g/mol. The van der Waals surface area contributed by atoms with E-state index in [1.54, 1.807) is 6.08 Å². The molecule has 1 fully saturated rings. The van der Waals surface area contributed by atoms with Gasteiger partial charge >= 0.3 is 11.9 Å². The van der Waals surface area contributed by atoms with Gasteiger partial charge in [-0.3, -0.25) is 9.59 Å². The molecule has 0 heterocycles. The maximum absolute atomic E-state index is 13.2. The van der Waals surface area contributed by atoms with Gasteiger partial charge in [-0.1, -0.05) is 18.6 Å². The summed E-state index contributed by atoms with van der Waals surface area (Å²) < 4.78 is 17.2. The molecule has 1 rings (SSSR count). The van der Waals surface area contributed by atoms with Crippen molar-refractivity contribution in [2.75, 3.05) is 14.2 Å². The van der Waals surface area contributed by atoms with Crippen LogP contribution in [-0.2, 0) is 23.5 Å². The van der Waals surface area contributed by atoms with E-state index in [0.29, 0.717) is 32.1 Å². The summed E-state index contributed by atoms with van der Waals surface area (Å²) in [5.74, 6) is -1.09. The van der Waals surface area contributed by atoms with Crippen molar-refractivity contribution >= 4 is 20.3 Å². The van der Waals surface area contributed by atoms with Gasteiger partial charge in [0, 0.05) is 5.92 Å². The lowest BCUT2D eigenvalue weighted by Gasteiger charge is -2.51. The summed E-state index contributed by atoms with van der Waals surface area (Å²) in [6.07, 6.45) is 4.83. The zero-order chi connectivity index (χ0) is 21.8. The predicted octanol–water partition coefficient (Wildman–Crippen LogP) is 4.89. The third-order valence-electron chi connectivity index (χ3n) is 5.95. The highest BCUT2D eigenvalue weighted by Gasteiger charge is 2.67. The van der Waals surface area contributed by atoms with Gasteiger partial charge in [-0.25, -0.2) is 0 Å². The highest BCUT2D eigenvalue weighted by Crippen LogP contribution is 2.60. The monoisotopic (exact) mass is 410 g/mol. The Labute approximate surface area is 171 Å². The average Bonchev–Trinajstić information content (AvgIpc) is 2.91. The number of rotatable bonds is 10. The number of carbonyl (C=O) groups is 2. The van der Waals surface area contributed by atoms with Crippen molar-refractivity contribution in [2.24, 2.45) is 17.3 Å². The molecule has 0 bridgehead atoms. The maximum Gasteiger partial charge on any atom is 0.315 e. The van der Waals surface area contributed by atoms with Crippen molar-refractivity contribution in [2.45, 2.75) is 71.2 Å². The second-order valence-electron chi connectivity index (χ2n) is 9.08. The third-order valence-corrected chi connectivity index (χ3v) is 6.92. The Morgan fingerprint density at radius 1 is 1.25 bits per heavy atom. The number of hydrogen-bond donors (Lipinski definition) is 0. The predicted molar refractivity (Wildman–Crippen MR) is 114 cm³/mol. The first-order valence-corrected chi connectivity index (χ1v) is 13.4. The van der Waals surface area contributed by atoms with Crippen LogP contribution in [0.15, 0.2) is 24.8 Å². The van der Waals surface area contributed by atoms with E-state index >= 15 is 0 Å². The molecule has 28 heavy (non-hydrogen) atoms. The third kappa shape index (κ3) is 4.77. The Morgan fingerprint density at radius 3 is 2.29 bits per heavy atom. The SMILES string of the molecule is C=CC[C@]1(C(=O)OC)CC[C@@H]([C@@H](C)C(=O)OC)[C@]1(CCC(=C)C)O[Si](C)(C)C. The molecule has 0 aromatic heterocycles. The molecule has 0 N–H and O–H groups in total. The number of esters is 2. The minimum Gasteiger partial charge on any atom is -0.469 e. The zero-order valence-electron chi connectivity index (χ0n) is 18.7. The van der Waals surface area contributed by atoms with Crippen molar-refractivity contribution in [1.29, 1.82) is 0 Å². The largest absolute Gasteiger partial charge is 0.469 e. The van der Waals surface area contributed by atoms with E-state index in [1.165, 1.54) is 14.2 Å². The first-order valence-electron chi connectivity index (χ1n) is 10.0. The van der Waals surface area contributed by atoms with Crippen LogP contribution in [0.2, 0.25) is 19.6 Å². The van der Waals surface area contributed by atoms with E-state index in [9.17, 15) is 9.59 Å². The van der Waals surface area contributed by atoms with E-state index in [-0.39, 0.29) is 23.8 Å². The maximum atomic E-state index is 13.2. The smallest absolute Gasteiger partial charge is 0.315 e. The van der Waals surface area contributed by atoms with Gasteiger partial charge in [-0.15, -0.1) is 13.2 Å². The van der Waals surface area contributed by atoms with Crippen LogP contribution in [0.3, 0.4) is 0 Å². The van der Waals surface area contributed by atoms with E-state index < -0.39 is 19.3 Å². The lowest BCUT2D eigenvalue weighted by Crippen LogP contribution is -2.60. The Morgan fingerprint density at radius 2 is 1.86 bits per heavy atom. The fourth-order valence-electron chi connectivity index (χ4n) is 4.87. The second-order valence-corrected chi connectivity index (χ2v) is 13.5. The number of hydrogen-bond acceptors (Lipinski definition) is 5. The van der Waals surface area contributed by atoms with Crippen molar-refractivity contribution in [1.82, 2.24) is 0 Å². The van der Waals surface area contributed by atoms with Crippen molar-refractivity contribution in [3.63, 3.8) is 0 Å². The molecule has 1 saturated carbocycles. The summed E-state index contributed by atoms with van der Waals surface area (Å²) >= 11 is 0. The molecule has 1 aliphatic carbocycles. The number of allylic oxidation sites excluding steroid dienone is 2. The fourth-order valence-corrected chi connectivity index (χ4v) is 6.42. The van der Waals surface area contributed by atoms with Gasteiger partial charge in [0.25, 0.3) is 0 Å². The second kappa shape index (κ2) is 9.40. The van der Waals surface area contributed by atoms with Gasteiger partial charge in [0.15, 0.2) is 8.32 Å². The summed E-state index contributed by atoms with van der Waals surface area (Å²) in [5.41, 5.74) is -0.676. The standard InChI is InChI=1S/C22H38O5Si/c1-10-13-21(20(24)26-6)14-12-18(17(4)19(23)25-5)22(21,15-11-16(2)3)27-28(7,8)9/h10,17-18H,1-2,11-15H2,3-9H3/t17-,18+,21-,22+/m1/s1. The Bertz CT molecular complexity index is 609. The molecule has 4 atom stereocenters. The molecule has 0 saturated heterocycles. The summed E-state index contributed by atoms with van der Waals surface area (Å²) in [4.78, 5) is 25.7. The van der Waals surface area contributed by atoms with Crippen LogP contribution in [0.4, 0.5) is 0 Å². The van der Waals surface area contributed by atoms with Crippen LogP contribution >= 0.6 is 0 Å². The molecule has 0 aromatic rings. The van der Waals surface area contributed by atoms with Crippen molar-refractivity contribution in [3.8, 4) is 0 Å². The first-order chi connectivity index (χ1) is 12.9. The van der Waals surface area contributed by atoms with E-state index in [2.05, 4.69) is 32.8 Å². The lowest BCUT2D eigenvalue weighted by atomic mass is 9.64. The summed E-state index contributed by atoms with van der Waals surface area (Å²) in [6.45, 7) is 18.2. The number of ether oxygens (including phenoxy) is 2. The van der Waals surface area contributed by atoms with Crippen LogP contribution in [0.5, 0.6) is 0 Å². The van der Waals surface area contributed by atoms with E-state index in [4.69, 9.17) is 13.9 Å². The lowest BCUT2D eigenvalue weighted by molar-refractivity contribution is -0.176. The molecule has 0 radical (unpaired) electrons. The van der Waals surface area contributed by atoms with Crippen molar-refractivity contribution < 1.29 is 23.5 Å². The molecule has 0 unspecified atom stereocenters. The summed E-state index contributed by atoms with van der Waals surface area (Å²) in [7, 11) is 0.722. The molecule has 0 aliphatic heterocycles. The summed E-state index contributed by atoms with van der Waals surface area (Å²) in [5, 5.41) is 0. The number of carbonyl (C=O) groups excluding carboxylic acids is 2. The van der Waals surface area contributed by atoms with Crippen LogP contribution in [0, 0.1) is 17.3 Å². The molecular weight excluding hydrogens is 372 g/mol. The van der Waals surface area contributed by atoms with E-state index in [1.807, 2.05) is 13.8 Å². The summed E-state index contributed by atoms with van der Waals surface area (Å²) in [6, 6.07) is 0. The molecule has 160 valence electrons. The van der Waals surface area contributed by atoms with Gasteiger partial charge in [-0.2, -0.15) is 0 Å². The fraction of sp³-hybridized carbons (Fsp3) is 0.727. The topological polar surface area (TPSA) is 61.8 Å². The van der Waals surface area contributed by atoms with Gasteiger partial charge in [-0.05, 0) is 58.7 Å². The normalized spacial score (nSPS) is 28.5. The molecule has 0 amide bonds. The number of methoxy groups -OCH3 is 2. The van der Waals surface area contributed by atoms with Gasteiger partial charge in [0.05, 0.1) is 31.2 Å². The van der Waals surface area contributed by atoms with Gasteiger partial charge in [0.2, 0.25) is 0 Å². The van der Waals surface area contributed by atoms with Crippen LogP contribution in [0.1, 0.15) is 46.0 Å². The van der Waals surface area contributed by atoms with Crippen LogP contribution < -0.4 is 0 Å². The Balaban J connectivity index is 3.72. The molecule has 5 nitrogen and oxygen atoms in total. The molecule has 0 aromatic carbocycles. The first kappa shape index (κ1) is 24.6. The quantitative estimate of drug-likeness (QED) is 0.291.